The highest BCUT2D eigenvalue weighted by molar-refractivity contribution is 5.88. The Kier molecular flexibility index (Phi) is 18.3. The highest BCUT2D eigenvalue weighted by atomic mass is 35.5. The van der Waals surface area contributed by atoms with Crippen molar-refractivity contribution in [3.63, 3.8) is 0 Å². The number of ether oxygens (including phenoxy) is 10. The summed E-state index contributed by atoms with van der Waals surface area (Å²) in [4.78, 5) is 9.46. The molecule has 2 atom stereocenters. The van der Waals surface area contributed by atoms with E-state index in [1.165, 1.54) is 22.3 Å². The predicted molar refractivity (Wildman–Crippen MR) is 301 cm³/mol. The van der Waals surface area contributed by atoms with Crippen LogP contribution in [0.1, 0.15) is 84.4 Å². The molecule has 0 fully saturated rings. The Labute approximate surface area is 454 Å². The van der Waals surface area contributed by atoms with Crippen LogP contribution < -0.4 is 47.4 Å². The molecule has 6 aromatic carbocycles. The van der Waals surface area contributed by atoms with Gasteiger partial charge in [0.15, 0.2) is 57.5 Å². The molecule has 0 amide bonds. The lowest BCUT2D eigenvalue weighted by atomic mass is 9.87. The first-order chi connectivity index (χ1) is 36.6. The Morgan fingerprint density at radius 1 is 0.539 bits per heavy atom. The summed E-state index contributed by atoms with van der Waals surface area (Å²) >= 11 is 0. The van der Waals surface area contributed by atoms with Gasteiger partial charge in [-0.3, -0.25) is 14.8 Å². The zero-order valence-corrected chi connectivity index (χ0v) is 46.4. The fraction of sp³-hybridized carbons (Fsp3) is 0.371. The third kappa shape index (κ3) is 11.8. The number of rotatable bonds is 14. The molecule has 4 aliphatic rings. The van der Waals surface area contributed by atoms with Gasteiger partial charge in [-0.1, -0.05) is 24.3 Å². The second-order valence-electron chi connectivity index (χ2n) is 18.9. The van der Waals surface area contributed by atoms with E-state index < -0.39 is 0 Å². The summed E-state index contributed by atoms with van der Waals surface area (Å²) in [6, 6.07) is 33.3. The van der Waals surface area contributed by atoms with Crippen molar-refractivity contribution in [1.82, 2.24) is 14.8 Å². The summed E-state index contributed by atoms with van der Waals surface area (Å²) < 4.78 is 60.1. The standard InChI is InChI=1S/C38H42N2O6.C24H29NO4.ClH/c1-39-15-13-25-20-32(42-4)34-22-28(25)29(39)17-23-7-10-27(11-8-23)45-33-19-24(9-12-31(33)41-3)18-30-36-26(14-16-40(30)2)21-35(43-5)37(44-6)38(36)46-34;1-5-26-21-10-9-17(14-22(21)27-6-2)13-20-19-16-24(29-8-4)23(28-7-3)15-18(19)11-12-25-20;/h7-12,19-22,29-30H,13-18H2,1-6H3;9-12,14-16H,5-8,13H2,1-4H3;1H. The molecular weight excluding hydrogens is 982 g/mol. The van der Waals surface area contributed by atoms with Crippen LogP contribution in [0.3, 0.4) is 0 Å². The number of hydrogen-bond acceptors (Lipinski definition) is 13. The number of benzene rings is 6. The third-order valence-electron chi connectivity index (χ3n) is 14.3. The first-order valence-electron chi connectivity index (χ1n) is 26.2. The molecule has 0 saturated carbocycles. The van der Waals surface area contributed by atoms with E-state index in [2.05, 4.69) is 77.4 Å². The molecule has 13 nitrogen and oxygen atoms in total. The molecule has 4 aliphatic heterocycles. The molecule has 0 spiro atoms. The average molecular weight is 1050 g/mol. The van der Waals surface area contributed by atoms with Gasteiger partial charge in [-0.15, -0.1) is 12.4 Å². The maximum absolute atomic E-state index is 7.03. The quantitative estimate of drug-likeness (QED) is 0.103. The lowest BCUT2D eigenvalue weighted by molar-refractivity contribution is 0.220. The lowest BCUT2D eigenvalue weighted by Gasteiger charge is -2.37. The fourth-order valence-corrected chi connectivity index (χ4v) is 10.6. The van der Waals surface area contributed by atoms with E-state index in [0.29, 0.717) is 73.1 Å². The van der Waals surface area contributed by atoms with Gasteiger partial charge in [0.1, 0.15) is 5.75 Å². The van der Waals surface area contributed by atoms with Crippen LogP contribution in [0.2, 0.25) is 0 Å². The van der Waals surface area contributed by atoms with Crippen LogP contribution in [-0.2, 0) is 32.1 Å². The zero-order valence-electron chi connectivity index (χ0n) is 45.6. The minimum absolute atomic E-state index is 0. The molecule has 0 radical (unpaired) electrons. The van der Waals surface area contributed by atoms with E-state index >= 15 is 0 Å². The minimum atomic E-state index is 0. The molecule has 0 saturated heterocycles. The van der Waals surface area contributed by atoms with Crippen molar-refractivity contribution in [2.75, 3.05) is 82.1 Å². The molecule has 402 valence electrons. The second-order valence-corrected chi connectivity index (χ2v) is 18.9. The van der Waals surface area contributed by atoms with Crippen LogP contribution in [0.25, 0.3) is 10.8 Å². The normalized spacial score (nSPS) is 15.7. The van der Waals surface area contributed by atoms with Crippen LogP contribution in [0.15, 0.2) is 103 Å². The van der Waals surface area contributed by atoms with E-state index in [1.807, 2.05) is 82.4 Å². The van der Waals surface area contributed by atoms with Crippen LogP contribution in [0.4, 0.5) is 0 Å². The highest BCUT2D eigenvalue weighted by Gasteiger charge is 2.35. The van der Waals surface area contributed by atoms with Gasteiger partial charge in [-0.05, 0) is 179 Å². The summed E-state index contributed by atoms with van der Waals surface area (Å²) in [6.07, 6.45) is 5.90. The number of fused-ring (bicyclic) bond motifs is 3. The first-order valence-corrected chi connectivity index (χ1v) is 26.2. The Bertz CT molecular complexity index is 3110. The molecule has 2 unspecified atom stereocenters. The molecule has 5 heterocycles. The van der Waals surface area contributed by atoms with E-state index in [9.17, 15) is 0 Å². The maximum Gasteiger partial charge on any atom is 0.204 e. The number of halogens is 1. The van der Waals surface area contributed by atoms with Crippen molar-refractivity contribution < 1.29 is 47.4 Å². The maximum atomic E-state index is 7.03. The number of nitrogens with zero attached hydrogens (tertiary/aromatic N) is 3. The molecule has 6 bridgehead atoms. The monoisotopic (exact) mass is 1050 g/mol. The van der Waals surface area contributed by atoms with Crippen molar-refractivity contribution in [2.45, 2.75) is 71.9 Å². The van der Waals surface area contributed by atoms with Gasteiger partial charge in [-0.2, -0.15) is 0 Å². The molecule has 14 heteroatoms. The second kappa shape index (κ2) is 25.2. The van der Waals surface area contributed by atoms with Gasteiger partial charge in [0.25, 0.3) is 0 Å². The number of hydrogen-bond donors (Lipinski definition) is 0. The summed E-state index contributed by atoms with van der Waals surface area (Å²) in [6.45, 7) is 12.1. The smallest absolute Gasteiger partial charge is 0.204 e. The summed E-state index contributed by atoms with van der Waals surface area (Å²) in [7, 11) is 11.1. The van der Waals surface area contributed by atoms with Gasteiger partial charge < -0.3 is 47.4 Å². The molecule has 1 aromatic heterocycles. The fourth-order valence-electron chi connectivity index (χ4n) is 10.6. The number of likely N-dealkylation sites (N-methyl/N-ethyl adjacent to an activating group) is 2. The largest absolute Gasteiger partial charge is 0.493 e. The van der Waals surface area contributed by atoms with Gasteiger partial charge in [0.2, 0.25) is 5.75 Å². The van der Waals surface area contributed by atoms with Crippen LogP contribution >= 0.6 is 12.4 Å². The Balaban J connectivity index is 0.000000221. The molecular formula is C62H72ClN3O10. The SMILES string of the molecule is CCOc1ccc(Cc2nccc3cc(OCC)c(OCC)cc23)cc1OCC.COc1ccc2cc1Oc1ccc(cc1)CC1c3cc(c(OC)cc3CCN1C)Oc1c(OC)c(OC)cc3c1C(C2)N(C)CC3.Cl. The summed E-state index contributed by atoms with van der Waals surface area (Å²) in [5, 5.41) is 2.14. The minimum Gasteiger partial charge on any atom is -0.493 e. The molecule has 0 N–H and O–H groups in total. The predicted octanol–water partition coefficient (Wildman–Crippen LogP) is 13.0. The van der Waals surface area contributed by atoms with Crippen molar-refractivity contribution in [2.24, 2.45) is 0 Å². The molecule has 76 heavy (non-hydrogen) atoms. The molecule has 0 aliphatic carbocycles. The average Bonchev–Trinajstić information content (AvgIpc) is 3.44. The van der Waals surface area contributed by atoms with E-state index in [1.54, 1.807) is 28.4 Å². The van der Waals surface area contributed by atoms with Gasteiger partial charge in [0.05, 0.1) is 60.6 Å². The van der Waals surface area contributed by atoms with Crippen molar-refractivity contribution in [3.05, 3.63) is 148 Å². The molecule has 11 rings (SSSR count). The first kappa shape index (κ1) is 55.2. The lowest BCUT2D eigenvalue weighted by Crippen LogP contribution is -2.34. The summed E-state index contributed by atoms with van der Waals surface area (Å²) in [5.74, 6) is 8.45. The summed E-state index contributed by atoms with van der Waals surface area (Å²) in [5.41, 5.74) is 9.25. The third-order valence-corrected chi connectivity index (χ3v) is 14.3. The molecule has 7 aromatic rings. The van der Waals surface area contributed by atoms with E-state index in [-0.39, 0.29) is 24.5 Å². The number of methoxy groups -OCH3 is 4. The Hall–Kier alpha value is -7.06. The Morgan fingerprint density at radius 2 is 1.13 bits per heavy atom. The highest BCUT2D eigenvalue weighted by Crippen LogP contribution is 2.52. The van der Waals surface area contributed by atoms with Gasteiger partial charge >= 0.3 is 0 Å². The van der Waals surface area contributed by atoms with Crippen molar-refractivity contribution in [3.8, 4) is 69.0 Å². The zero-order chi connectivity index (χ0) is 52.6. The van der Waals surface area contributed by atoms with Crippen molar-refractivity contribution in [1.29, 1.82) is 0 Å². The van der Waals surface area contributed by atoms with E-state index in [4.69, 9.17) is 47.4 Å². The van der Waals surface area contributed by atoms with Gasteiger partial charge in [0, 0.05) is 48.7 Å². The van der Waals surface area contributed by atoms with Crippen molar-refractivity contribution >= 4 is 23.2 Å². The van der Waals surface area contributed by atoms with Crippen LogP contribution in [0, 0.1) is 0 Å². The number of aromatic nitrogens is 1. The Morgan fingerprint density at radius 3 is 1.82 bits per heavy atom. The van der Waals surface area contributed by atoms with Crippen LogP contribution in [-0.4, -0.2) is 96.8 Å². The van der Waals surface area contributed by atoms with Gasteiger partial charge in [-0.25, -0.2) is 0 Å². The van der Waals surface area contributed by atoms with E-state index in [0.717, 1.165) is 101 Å². The number of pyridine rings is 1. The topological polar surface area (TPSA) is 112 Å². The van der Waals surface area contributed by atoms with Crippen LogP contribution in [0.5, 0.6) is 69.0 Å².